The van der Waals surface area contributed by atoms with Gasteiger partial charge in [0, 0.05) is 24.5 Å². The summed E-state index contributed by atoms with van der Waals surface area (Å²) in [6.45, 7) is 2.02. The van der Waals surface area contributed by atoms with Gasteiger partial charge in [0.2, 0.25) is 0 Å². The number of alkyl halides is 3. The van der Waals surface area contributed by atoms with Crippen molar-refractivity contribution in [2.75, 3.05) is 6.61 Å². The molecule has 180 valence electrons. The number of halogens is 3. The van der Waals surface area contributed by atoms with Crippen molar-refractivity contribution in [1.82, 2.24) is 9.88 Å². The summed E-state index contributed by atoms with van der Waals surface area (Å²) in [7, 11) is 0. The Morgan fingerprint density at radius 3 is 2.37 bits per heavy atom. The Hall–Kier alpha value is -4.14. The van der Waals surface area contributed by atoms with Gasteiger partial charge in [0.15, 0.2) is 0 Å². The summed E-state index contributed by atoms with van der Waals surface area (Å²) in [5.41, 5.74) is -0.0381. The molecule has 0 bridgehead atoms. The third-order valence-corrected chi connectivity index (χ3v) is 5.61. The molecule has 0 aliphatic carbocycles. The summed E-state index contributed by atoms with van der Waals surface area (Å²) in [5.74, 6) is -1.67. The number of Topliss-reactive ketones (excluding diaryl/α,β-unsaturated/α-hetero) is 1. The van der Waals surface area contributed by atoms with Crippen LogP contribution in [0.2, 0.25) is 0 Å². The van der Waals surface area contributed by atoms with Crippen molar-refractivity contribution in [3.8, 4) is 5.75 Å². The van der Waals surface area contributed by atoms with Gasteiger partial charge >= 0.3 is 6.18 Å². The number of ketones is 1. The molecule has 4 rings (SSSR count). The molecule has 1 aliphatic rings. The van der Waals surface area contributed by atoms with E-state index in [0.717, 1.165) is 17.0 Å². The number of hydrogen-bond donors (Lipinski definition) is 1. The number of amides is 1. The molecule has 1 aliphatic heterocycles. The van der Waals surface area contributed by atoms with Gasteiger partial charge in [-0.2, -0.15) is 13.2 Å². The van der Waals surface area contributed by atoms with Crippen molar-refractivity contribution >= 4 is 17.4 Å². The van der Waals surface area contributed by atoms with E-state index in [1.54, 1.807) is 36.4 Å². The zero-order valence-corrected chi connectivity index (χ0v) is 18.6. The normalized spacial score (nSPS) is 17.6. The van der Waals surface area contributed by atoms with Crippen LogP contribution in [0.15, 0.2) is 78.6 Å². The van der Waals surface area contributed by atoms with Crippen molar-refractivity contribution in [1.29, 1.82) is 0 Å². The van der Waals surface area contributed by atoms with Crippen LogP contribution in [-0.4, -0.2) is 33.3 Å². The monoisotopic (exact) mass is 482 g/mol. The number of pyridine rings is 1. The van der Waals surface area contributed by atoms with E-state index in [4.69, 9.17) is 4.74 Å². The van der Waals surface area contributed by atoms with Crippen LogP contribution in [0.5, 0.6) is 5.75 Å². The van der Waals surface area contributed by atoms with Gasteiger partial charge in [-0.1, -0.05) is 12.1 Å². The number of nitrogens with zero attached hydrogens (tertiary/aromatic N) is 2. The number of benzene rings is 2. The third-order valence-electron chi connectivity index (χ3n) is 5.61. The molecule has 1 aromatic heterocycles. The van der Waals surface area contributed by atoms with E-state index in [0.29, 0.717) is 23.5 Å². The molecule has 3 aromatic rings. The molecule has 1 fully saturated rings. The average Bonchev–Trinajstić information content (AvgIpc) is 3.09. The third kappa shape index (κ3) is 4.89. The van der Waals surface area contributed by atoms with Crippen LogP contribution < -0.4 is 4.74 Å². The molecule has 0 spiro atoms. The van der Waals surface area contributed by atoms with E-state index in [2.05, 4.69) is 4.98 Å². The molecule has 1 saturated heterocycles. The highest BCUT2D eigenvalue weighted by Gasteiger charge is 2.46. The van der Waals surface area contributed by atoms with Gasteiger partial charge in [0.05, 0.1) is 23.8 Å². The smallest absolute Gasteiger partial charge is 0.416 e. The molecule has 0 radical (unpaired) electrons. The molecule has 2 heterocycles. The summed E-state index contributed by atoms with van der Waals surface area (Å²) >= 11 is 0. The minimum Gasteiger partial charge on any atom is -0.507 e. The second kappa shape index (κ2) is 9.61. The van der Waals surface area contributed by atoms with Crippen LogP contribution in [0.4, 0.5) is 13.2 Å². The fourth-order valence-electron chi connectivity index (χ4n) is 4.01. The zero-order valence-electron chi connectivity index (χ0n) is 18.6. The highest BCUT2D eigenvalue weighted by Crippen LogP contribution is 2.40. The second-order valence-corrected chi connectivity index (χ2v) is 7.86. The van der Waals surface area contributed by atoms with Gasteiger partial charge in [-0.15, -0.1) is 0 Å². The summed E-state index contributed by atoms with van der Waals surface area (Å²) < 4.78 is 45.0. The quantitative estimate of drug-likeness (QED) is 0.300. The Labute approximate surface area is 199 Å². The maximum absolute atomic E-state index is 13.2. The summed E-state index contributed by atoms with van der Waals surface area (Å²) in [6, 6.07) is 13.1. The molecule has 6 nitrogen and oxygen atoms in total. The van der Waals surface area contributed by atoms with E-state index in [9.17, 15) is 27.9 Å². The van der Waals surface area contributed by atoms with E-state index >= 15 is 0 Å². The van der Waals surface area contributed by atoms with Crippen LogP contribution in [0.25, 0.3) is 5.76 Å². The van der Waals surface area contributed by atoms with Crippen molar-refractivity contribution in [3.05, 3.63) is 101 Å². The van der Waals surface area contributed by atoms with E-state index in [1.165, 1.54) is 24.5 Å². The second-order valence-electron chi connectivity index (χ2n) is 7.86. The predicted octanol–water partition coefficient (Wildman–Crippen LogP) is 5.12. The number of likely N-dealkylation sites (tertiary alicyclic amines) is 1. The summed E-state index contributed by atoms with van der Waals surface area (Å²) in [6.07, 6.45) is -1.62. The number of aromatic nitrogens is 1. The van der Waals surface area contributed by atoms with Crippen LogP contribution >= 0.6 is 0 Å². The molecule has 2 aromatic carbocycles. The molecule has 1 unspecified atom stereocenters. The largest absolute Gasteiger partial charge is 0.507 e. The lowest BCUT2D eigenvalue weighted by molar-refractivity contribution is -0.140. The predicted molar refractivity (Wildman–Crippen MR) is 121 cm³/mol. The van der Waals surface area contributed by atoms with E-state index in [-0.39, 0.29) is 23.4 Å². The highest BCUT2D eigenvalue weighted by atomic mass is 19.4. The number of aliphatic hydroxyl groups is 1. The minimum absolute atomic E-state index is 0.155. The number of carbonyl (C=O) groups is 2. The Morgan fingerprint density at radius 1 is 1.06 bits per heavy atom. The number of hydrogen-bond acceptors (Lipinski definition) is 5. The van der Waals surface area contributed by atoms with Crippen molar-refractivity contribution in [2.24, 2.45) is 0 Å². The lowest BCUT2D eigenvalue weighted by Crippen LogP contribution is -2.29. The summed E-state index contributed by atoms with van der Waals surface area (Å²) in [5, 5.41) is 11.1. The van der Waals surface area contributed by atoms with Crippen molar-refractivity contribution in [2.45, 2.75) is 25.7 Å². The van der Waals surface area contributed by atoms with Gasteiger partial charge in [0.1, 0.15) is 11.5 Å². The number of ether oxygens (including phenoxy) is 1. The van der Waals surface area contributed by atoms with E-state index < -0.39 is 29.5 Å². The fraction of sp³-hybridized carbons (Fsp3) is 0.192. The zero-order chi connectivity index (χ0) is 25.2. The van der Waals surface area contributed by atoms with Crippen molar-refractivity contribution in [3.63, 3.8) is 0 Å². The number of carbonyl (C=O) groups excluding carboxylic acids is 2. The molecule has 1 atom stereocenters. The lowest BCUT2D eigenvalue weighted by Gasteiger charge is -2.25. The Kier molecular flexibility index (Phi) is 6.59. The van der Waals surface area contributed by atoms with Crippen LogP contribution in [0, 0.1) is 0 Å². The first-order valence-electron chi connectivity index (χ1n) is 10.8. The van der Waals surface area contributed by atoms with Gasteiger partial charge < -0.3 is 14.7 Å². The molecule has 9 heteroatoms. The van der Waals surface area contributed by atoms with Crippen molar-refractivity contribution < 1.29 is 32.6 Å². The number of rotatable bonds is 6. The first kappa shape index (κ1) is 24.0. The van der Waals surface area contributed by atoms with E-state index in [1.807, 2.05) is 6.92 Å². The molecule has 35 heavy (non-hydrogen) atoms. The number of aliphatic hydroxyl groups excluding tert-OH is 1. The van der Waals surface area contributed by atoms with Gasteiger partial charge in [-0.25, -0.2) is 0 Å². The molecular weight excluding hydrogens is 461 g/mol. The maximum Gasteiger partial charge on any atom is 0.416 e. The van der Waals surface area contributed by atoms with Crippen LogP contribution in [-0.2, 0) is 22.3 Å². The Morgan fingerprint density at radius 2 is 1.74 bits per heavy atom. The first-order valence-corrected chi connectivity index (χ1v) is 10.8. The molecule has 1 N–H and O–H groups in total. The molecule has 1 amide bonds. The molecular formula is C26H21F3N2O4. The topological polar surface area (TPSA) is 79.7 Å². The Bertz CT molecular complexity index is 1270. The van der Waals surface area contributed by atoms with Crippen LogP contribution in [0.3, 0.4) is 0 Å². The maximum atomic E-state index is 13.2. The van der Waals surface area contributed by atoms with Gasteiger partial charge in [-0.05, 0) is 66.6 Å². The first-order chi connectivity index (χ1) is 16.7. The minimum atomic E-state index is -4.55. The van der Waals surface area contributed by atoms with Gasteiger partial charge in [0.25, 0.3) is 11.7 Å². The lowest BCUT2D eigenvalue weighted by atomic mass is 9.95. The standard InChI is InChI=1S/C26H21F3N2O4/c1-2-35-20-8-6-18(7-9-20)23(32)21-22(17-10-12-30-13-11-17)31(25(34)24(21)33)15-16-4-3-5-19(14-16)26(27,28)29/h3-14,22,32H,2,15H2,1H3/b23-21+. The average molecular weight is 482 g/mol. The SMILES string of the molecule is CCOc1ccc(/C(O)=C2\C(=O)C(=O)N(Cc3cccc(C(F)(F)F)c3)C2c2ccncc2)cc1. The fourth-order valence-corrected chi connectivity index (χ4v) is 4.01. The summed E-state index contributed by atoms with van der Waals surface area (Å²) in [4.78, 5) is 31.2. The van der Waals surface area contributed by atoms with Gasteiger partial charge in [-0.3, -0.25) is 14.6 Å². The molecule has 0 saturated carbocycles. The Balaban J connectivity index is 1.79. The van der Waals surface area contributed by atoms with Crippen LogP contribution in [0.1, 0.15) is 35.2 Å². The highest BCUT2D eigenvalue weighted by molar-refractivity contribution is 6.46.